The van der Waals surface area contributed by atoms with Crippen LogP contribution in [0.3, 0.4) is 0 Å². The van der Waals surface area contributed by atoms with Crippen LogP contribution in [0.2, 0.25) is 0 Å². The highest BCUT2D eigenvalue weighted by atomic mass is 16.6. The van der Waals surface area contributed by atoms with Gasteiger partial charge in [0.05, 0.1) is 18.9 Å². The summed E-state index contributed by atoms with van der Waals surface area (Å²) in [5.41, 5.74) is 0.681. The zero-order valence-corrected chi connectivity index (χ0v) is 12.5. The molecule has 20 heavy (non-hydrogen) atoms. The lowest BCUT2D eigenvalue weighted by Crippen LogP contribution is -2.22. The highest BCUT2D eigenvalue weighted by Crippen LogP contribution is 2.13. The molecule has 0 saturated carbocycles. The second-order valence-electron chi connectivity index (χ2n) is 5.34. The van der Waals surface area contributed by atoms with Crippen LogP contribution in [0.15, 0.2) is 36.6 Å². The lowest BCUT2D eigenvalue weighted by atomic mass is 10.1. The van der Waals surface area contributed by atoms with E-state index in [-0.39, 0.29) is 0 Å². The van der Waals surface area contributed by atoms with E-state index in [2.05, 4.69) is 0 Å². The summed E-state index contributed by atoms with van der Waals surface area (Å²) in [7, 11) is 1.68. The Morgan fingerprint density at radius 2 is 1.85 bits per heavy atom. The summed E-state index contributed by atoms with van der Waals surface area (Å²) < 4.78 is 15.5. The van der Waals surface area contributed by atoms with Gasteiger partial charge in [-0.2, -0.15) is 0 Å². The number of esters is 1. The molecule has 0 bridgehead atoms. The van der Waals surface area contributed by atoms with Crippen LogP contribution in [0.25, 0.3) is 0 Å². The van der Waals surface area contributed by atoms with Crippen LogP contribution in [-0.2, 0) is 20.7 Å². The van der Waals surface area contributed by atoms with E-state index in [0.717, 1.165) is 6.42 Å². The van der Waals surface area contributed by atoms with E-state index in [0.29, 0.717) is 12.4 Å². The van der Waals surface area contributed by atoms with Crippen molar-refractivity contribution in [1.82, 2.24) is 0 Å². The van der Waals surface area contributed by atoms with E-state index in [4.69, 9.17) is 14.2 Å². The molecule has 0 amide bonds. The van der Waals surface area contributed by atoms with E-state index in [1.165, 1.54) is 17.9 Å². The third kappa shape index (κ3) is 6.95. The molecule has 0 aromatic heterocycles. The molecular weight excluding hydrogens is 256 g/mol. The van der Waals surface area contributed by atoms with Gasteiger partial charge in [-0.1, -0.05) is 12.1 Å². The third-order valence-corrected chi connectivity index (χ3v) is 2.33. The molecule has 0 heterocycles. The Bertz CT molecular complexity index is 441. The molecule has 4 nitrogen and oxygen atoms in total. The SMILES string of the molecule is COCCc1ccc(OC=CC(=O)OC(C)(C)C)cc1. The van der Waals surface area contributed by atoms with Gasteiger partial charge in [0.25, 0.3) is 0 Å². The number of ether oxygens (including phenoxy) is 3. The molecule has 4 heteroatoms. The molecule has 0 radical (unpaired) electrons. The molecule has 0 atom stereocenters. The number of methoxy groups -OCH3 is 1. The molecule has 0 fully saturated rings. The van der Waals surface area contributed by atoms with Gasteiger partial charge >= 0.3 is 5.97 Å². The van der Waals surface area contributed by atoms with Gasteiger partial charge in [0.15, 0.2) is 0 Å². The molecule has 0 spiro atoms. The number of hydrogen-bond donors (Lipinski definition) is 0. The fourth-order valence-electron chi connectivity index (χ4n) is 1.46. The number of benzene rings is 1. The van der Waals surface area contributed by atoms with Crippen molar-refractivity contribution in [3.63, 3.8) is 0 Å². The van der Waals surface area contributed by atoms with Gasteiger partial charge in [-0.15, -0.1) is 0 Å². The summed E-state index contributed by atoms with van der Waals surface area (Å²) in [6, 6.07) is 7.64. The minimum absolute atomic E-state index is 0.422. The van der Waals surface area contributed by atoms with Crippen molar-refractivity contribution in [2.45, 2.75) is 32.8 Å². The number of rotatable bonds is 6. The van der Waals surface area contributed by atoms with Gasteiger partial charge in [0.2, 0.25) is 0 Å². The largest absolute Gasteiger partial charge is 0.465 e. The number of carbonyl (C=O) groups excluding carboxylic acids is 1. The van der Waals surface area contributed by atoms with Gasteiger partial charge in [0, 0.05) is 7.11 Å². The molecule has 1 rings (SSSR count). The zero-order chi connectivity index (χ0) is 15.0. The van der Waals surface area contributed by atoms with Crippen LogP contribution in [0.4, 0.5) is 0 Å². The maximum Gasteiger partial charge on any atom is 0.334 e. The van der Waals surface area contributed by atoms with Crippen molar-refractivity contribution in [2.24, 2.45) is 0 Å². The molecule has 0 unspecified atom stereocenters. The Balaban J connectivity index is 2.43. The number of carbonyl (C=O) groups is 1. The van der Waals surface area contributed by atoms with Crippen molar-refractivity contribution < 1.29 is 19.0 Å². The first-order chi connectivity index (χ1) is 9.40. The van der Waals surface area contributed by atoms with Crippen LogP contribution >= 0.6 is 0 Å². The molecule has 0 aliphatic carbocycles. The smallest absolute Gasteiger partial charge is 0.334 e. The van der Waals surface area contributed by atoms with Crippen molar-refractivity contribution >= 4 is 5.97 Å². The normalized spacial score (nSPS) is 11.6. The van der Waals surface area contributed by atoms with Crippen LogP contribution < -0.4 is 4.74 Å². The fraction of sp³-hybridized carbons (Fsp3) is 0.438. The lowest BCUT2D eigenvalue weighted by molar-refractivity contribution is -0.148. The molecule has 0 saturated heterocycles. The van der Waals surface area contributed by atoms with Crippen molar-refractivity contribution in [1.29, 1.82) is 0 Å². The minimum Gasteiger partial charge on any atom is -0.465 e. The van der Waals surface area contributed by atoms with Crippen LogP contribution in [0.5, 0.6) is 5.75 Å². The zero-order valence-electron chi connectivity index (χ0n) is 12.5. The first-order valence-electron chi connectivity index (χ1n) is 6.55. The molecule has 1 aromatic carbocycles. The van der Waals surface area contributed by atoms with Gasteiger partial charge in [-0.05, 0) is 44.9 Å². The van der Waals surface area contributed by atoms with E-state index < -0.39 is 11.6 Å². The summed E-state index contributed by atoms with van der Waals surface area (Å²) in [4.78, 5) is 11.4. The van der Waals surface area contributed by atoms with Crippen molar-refractivity contribution in [2.75, 3.05) is 13.7 Å². The first kappa shape index (κ1) is 16.2. The van der Waals surface area contributed by atoms with Crippen molar-refractivity contribution in [3.05, 3.63) is 42.2 Å². The summed E-state index contributed by atoms with van der Waals surface area (Å²) in [6.45, 7) is 6.15. The van der Waals surface area contributed by atoms with Crippen LogP contribution in [-0.4, -0.2) is 25.3 Å². The van der Waals surface area contributed by atoms with E-state index in [1.807, 2.05) is 45.0 Å². The van der Waals surface area contributed by atoms with E-state index in [9.17, 15) is 4.79 Å². The van der Waals surface area contributed by atoms with E-state index in [1.54, 1.807) is 7.11 Å². The van der Waals surface area contributed by atoms with Crippen LogP contribution in [0.1, 0.15) is 26.3 Å². The summed E-state index contributed by atoms with van der Waals surface area (Å²) >= 11 is 0. The molecule has 0 aliphatic rings. The fourth-order valence-corrected chi connectivity index (χ4v) is 1.46. The maximum atomic E-state index is 11.4. The molecule has 1 aromatic rings. The average molecular weight is 278 g/mol. The van der Waals surface area contributed by atoms with Gasteiger partial charge in [-0.25, -0.2) is 4.79 Å². The third-order valence-electron chi connectivity index (χ3n) is 2.33. The van der Waals surface area contributed by atoms with Crippen LogP contribution in [0, 0.1) is 0 Å². The standard InChI is InChI=1S/C16H22O4/c1-16(2,3)20-15(17)10-12-19-14-7-5-13(6-8-14)9-11-18-4/h5-8,10,12H,9,11H2,1-4H3. The Hall–Kier alpha value is -1.81. The predicted molar refractivity (Wildman–Crippen MR) is 77.6 cm³/mol. The summed E-state index contributed by atoms with van der Waals surface area (Å²) in [5, 5.41) is 0. The summed E-state index contributed by atoms with van der Waals surface area (Å²) in [5.74, 6) is 0.250. The Kier molecular flexibility index (Phi) is 6.25. The number of hydrogen-bond acceptors (Lipinski definition) is 4. The Labute approximate surface area is 120 Å². The first-order valence-corrected chi connectivity index (χ1v) is 6.55. The Morgan fingerprint density at radius 1 is 1.20 bits per heavy atom. The van der Waals surface area contributed by atoms with Gasteiger partial charge in [0.1, 0.15) is 11.4 Å². The predicted octanol–water partition coefficient (Wildman–Crippen LogP) is 3.11. The van der Waals surface area contributed by atoms with Gasteiger partial charge in [-0.3, -0.25) is 0 Å². The van der Waals surface area contributed by atoms with Gasteiger partial charge < -0.3 is 14.2 Å². The second kappa shape index (κ2) is 7.70. The van der Waals surface area contributed by atoms with E-state index >= 15 is 0 Å². The summed E-state index contributed by atoms with van der Waals surface area (Å²) in [6.07, 6.45) is 3.47. The quantitative estimate of drug-likeness (QED) is 0.455. The molecular formula is C16H22O4. The molecule has 110 valence electrons. The maximum absolute atomic E-state index is 11.4. The second-order valence-corrected chi connectivity index (χ2v) is 5.34. The topological polar surface area (TPSA) is 44.8 Å². The minimum atomic E-state index is -0.496. The highest BCUT2D eigenvalue weighted by molar-refractivity contribution is 5.82. The molecule has 0 aliphatic heterocycles. The monoisotopic (exact) mass is 278 g/mol. The lowest BCUT2D eigenvalue weighted by Gasteiger charge is -2.17. The van der Waals surface area contributed by atoms with Crippen molar-refractivity contribution in [3.8, 4) is 5.75 Å². The molecule has 0 N–H and O–H groups in total. The highest BCUT2D eigenvalue weighted by Gasteiger charge is 2.13. The Morgan fingerprint density at radius 3 is 2.40 bits per heavy atom. The average Bonchev–Trinajstić information content (AvgIpc) is 2.35.